The van der Waals surface area contributed by atoms with Gasteiger partial charge in [-0.15, -0.1) is 0 Å². The van der Waals surface area contributed by atoms with Crippen LogP contribution in [-0.4, -0.2) is 44.7 Å². The summed E-state index contributed by atoms with van der Waals surface area (Å²) in [6.07, 6.45) is 1.16. The molecule has 0 saturated carbocycles. The minimum atomic E-state index is 0.443. The number of nitrogens with one attached hydrogen (secondary N) is 2. The minimum absolute atomic E-state index is 0.443. The molecule has 0 aliphatic carbocycles. The Kier molecular flexibility index (Phi) is 4.75. The van der Waals surface area contributed by atoms with Crippen molar-refractivity contribution in [3.63, 3.8) is 0 Å². The number of likely N-dealkylation sites (N-methyl/N-ethyl adjacent to an activating group) is 1. The van der Waals surface area contributed by atoms with Crippen molar-refractivity contribution in [1.29, 1.82) is 0 Å². The Morgan fingerprint density at radius 3 is 2.72 bits per heavy atom. The Hall–Kier alpha value is -0.900. The molecule has 2 unspecified atom stereocenters. The summed E-state index contributed by atoms with van der Waals surface area (Å²) < 4.78 is 0. The summed E-state index contributed by atoms with van der Waals surface area (Å²) >= 11 is 0. The summed E-state index contributed by atoms with van der Waals surface area (Å²) in [5.41, 5.74) is 2.71. The van der Waals surface area contributed by atoms with Crippen molar-refractivity contribution in [2.75, 3.05) is 33.7 Å². The lowest BCUT2D eigenvalue weighted by molar-refractivity contribution is 0.178. The molecule has 1 aliphatic rings. The van der Waals surface area contributed by atoms with Gasteiger partial charge in [0.1, 0.15) is 0 Å². The number of hydrogen-bond donors (Lipinski definition) is 2. The van der Waals surface area contributed by atoms with E-state index in [1.54, 1.807) is 0 Å². The average Bonchev–Trinajstić information content (AvgIpc) is 2.39. The molecule has 3 heteroatoms. The SMILES string of the molecule is CNC(CC1CNCCN1C)c1ccc(C)cc1. The van der Waals surface area contributed by atoms with Gasteiger partial charge in [0, 0.05) is 31.7 Å². The third kappa shape index (κ3) is 3.31. The molecule has 1 saturated heterocycles. The molecule has 1 aromatic rings. The summed E-state index contributed by atoms with van der Waals surface area (Å²) in [7, 11) is 4.29. The fraction of sp³-hybridized carbons (Fsp3) is 0.600. The highest BCUT2D eigenvalue weighted by Gasteiger charge is 2.22. The van der Waals surface area contributed by atoms with Gasteiger partial charge in [0.15, 0.2) is 0 Å². The fourth-order valence-corrected chi connectivity index (χ4v) is 2.62. The molecule has 0 spiro atoms. The van der Waals surface area contributed by atoms with E-state index in [-0.39, 0.29) is 0 Å². The molecule has 1 aromatic carbocycles. The monoisotopic (exact) mass is 247 g/mol. The summed E-state index contributed by atoms with van der Waals surface area (Å²) in [6.45, 7) is 5.49. The van der Waals surface area contributed by atoms with E-state index >= 15 is 0 Å². The van der Waals surface area contributed by atoms with Crippen molar-refractivity contribution < 1.29 is 0 Å². The van der Waals surface area contributed by atoms with Crippen molar-refractivity contribution in [3.05, 3.63) is 35.4 Å². The summed E-state index contributed by atoms with van der Waals surface area (Å²) in [5, 5.41) is 6.94. The van der Waals surface area contributed by atoms with Gasteiger partial charge < -0.3 is 15.5 Å². The molecule has 18 heavy (non-hydrogen) atoms. The lowest BCUT2D eigenvalue weighted by atomic mass is 9.97. The van der Waals surface area contributed by atoms with Gasteiger partial charge in [0.25, 0.3) is 0 Å². The fourth-order valence-electron chi connectivity index (χ4n) is 2.62. The normalized spacial score (nSPS) is 22.9. The third-order valence-corrected chi connectivity index (χ3v) is 3.98. The van der Waals surface area contributed by atoms with E-state index < -0.39 is 0 Å². The lowest BCUT2D eigenvalue weighted by Crippen LogP contribution is -2.50. The van der Waals surface area contributed by atoms with Crippen LogP contribution in [0.2, 0.25) is 0 Å². The minimum Gasteiger partial charge on any atom is -0.314 e. The van der Waals surface area contributed by atoms with E-state index in [0.29, 0.717) is 12.1 Å². The lowest BCUT2D eigenvalue weighted by Gasteiger charge is -2.35. The highest BCUT2D eigenvalue weighted by molar-refractivity contribution is 5.24. The Labute approximate surface area is 111 Å². The van der Waals surface area contributed by atoms with Crippen LogP contribution in [0.5, 0.6) is 0 Å². The van der Waals surface area contributed by atoms with Crippen molar-refractivity contribution in [3.8, 4) is 0 Å². The highest BCUT2D eigenvalue weighted by Crippen LogP contribution is 2.21. The van der Waals surface area contributed by atoms with E-state index in [9.17, 15) is 0 Å². The first-order chi connectivity index (χ1) is 8.70. The van der Waals surface area contributed by atoms with Crippen molar-refractivity contribution >= 4 is 0 Å². The summed E-state index contributed by atoms with van der Waals surface area (Å²) in [5.74, 6) is 0. The number of piperazine rings is 1. The van der Waals surface area contributed by atoms with Crippen LogP contribution >= 0.6 is 0 Å². The van der Waals surface area contributed by atoms with Crippen LogP contribution < -0.4 is 10.6 Å². The first kappa shape index (κ1) is 13.5. The van der Waals surface area contributed by atoms with Gasteiger partial charge in [0.2, 0.25) is 0 Å². The van der Waals surface area contributed by atoms with Crippen molar-refractivity contribution in [1.82, 2.24) is 15.5 Å². The third-order valence-electron chi connectivity index (χ3n) is 3.98. The molecule has 100 valence electrons. The maximum Gasteiger partial charge on any atom is 0.0332 e. The van der Waals surface area contributed by atoms with Crippen molar-refractivity contribution in [2.45, 2.75) is 25.4 Å². The first-order valence-electron chi connectivity index (χ1n) is 6.85. The Morgan fingerprint density at radius 2 is 2.11 bits per heavy atom. The molecular formula is C15H25N3. The van der Waals surface area contributed by atoms with E-state index in [2.05, 4.69) is 60.8 Å². The van der Waals surface area contributed by atoms with Gasteiger partial charge in [-0.25, -0.2) is 0 Å². The zero-order valence-corrected chi connectivity index (χ0v) is 11.7. The van der Waals surface area contributed by atoms with E-state index in [0.717, 1.165) is 26.1 Å². The van der Waals surface area contributed by atoms with Crippen LogP contribution in [0.15, 0.2) is 24.3 Å². The number of hydrogen-bond acceptors (Lipinski definition) is 3. The molecular weight excluding hydrogens is 222 g/mol. The van der Waals surface area contributed by atoms with Crippen molar-refractivity contribution in [2.24, 2.45) is 0 Å². The number of benzene rings is 1. The molecule has 0 radical (unpaired) electrons. The van der Waals surface area contributed by atoms with E-state index in [1.807, 2.05) is 0 Å². The van der Waals surface area contributed by atoms with Crippen LogP contribution in [0.3, 0.4) is 0 Å². The highest BCUT2D eigenvalue weighted by atomic mass is 15.2. The molecule has 1 heterocycles. The van der Waals surface area contributed by atoms with Gasteiger partial charge in [-0.3, -0.25) is 0 Å². The number of aryl methyl sites for hydroxylation is 1. The van der Waals surface area contributed by atoms with Crippen LogP contribution in [0.1, 0.15) is 23.6 Å². The molecule has 2 N–H and O–H groups in total. The molecule has 2 rings (SSSR count). The molecule has 0 bridgehead atoms. The maximum absolute atomic E-state index is 3.49. The molecule has 0 amide bonds. The quantitative estimate of drug-likeness (QED) is 0.845. The maximum atomic E-state index is 3.49. The van der Waals surface area contributed by atoms with Crippen LogP contribution in [0.4, 0.5) is 0 Å². The van der Waals surface area contributed by atoms with Gasteiger partial charge in [0.05, 0.1) is 0 Å². The molecule has 1 fully saturated rings. The van der Waals surface area contributed by atoms with E-state index in [1.165, 1.54) is 11.1 Å². The van der Waals surface area contributed by atoms with Gasteiger partial charge in [-0.2, -0.15) is 0 Å². The van der Waals surface area contributed by atoms with E-state index in [4.69, 9.17) is 0 Å². The summed E-state index contributed by atoms with van der Waals surface area (Å²) in [6, 6.07) is 9.94. The topological polar surface area (TPSA) is 27.3 Å². The Bertz CT molecular complexity index is 361. The van der Waals surface area contributed by atoms with Crippen LogP contribution in [0, 0.1) is 6.92 Å². The predicted octanol–water partition coefficient (Wildman–Crippen LogP) is 1.55. The van der Waals surface area contributed by atoms with Gasteiger partial charge in [-0.05, 0) is 33.0 Å². The second-order valence-corrected chi connectivity index (χ2v) is 5.33. The van der Waals surface area contributed by atoms with Gasteiger partial charge in [-0.1, -0.05) is 29.8 Å². The largest absolute Gasteiger partial charge is 0.314 e. The Morgan fingerprint density at radius 1 is 1.39 bits per heavy atom. The van der Waals surface area contributed by atoms with Gasteiger partial charge >= 0.3 is 0 Å². The molecule has 3 nitrogen and oxygen atoms in total. The molecule has 2 atom stereocenters. The predicted molar refractivity (Wildman–Crippen MR) is 76.9 cm³/mol. The second kappa shape index (κ2) is 6.32. The van der Waals surface area contributed by atoms with Crippen LogP contribution in [-0.2, 0) is 0 Å². The molecule has 0 aromatic heterocycles. The molecule has 1 aliphatic heterocycles. The Balaban J connectivity index is 2.02. The first-order valence-corrected chi connectivity index (χ1v) is 6.85. The number of rotatable bonds is 4. The number of nitrogens with zero attached hydrogens (tertiary/aromatic N) is 1. The zero-order chi connectivity index (χ0) is 13.0. The smallest absolute Gasteiger partial charge is 0.0332 e. The standard InChI is InChI=1S/C15H25N3/c1-12-4-6-13(7-5-12)15(16-2)10-14-11-17-8-9-18(14)3/h4-7,14-17H,8-11H2,1-3H3. The van der Waals surface area contributed by atoms with Crippen LogP contribution in [0.25, 0.3) is 0 Å². The summed E-state index contributed by atoms with van der Waals surface area (Å²) in [4.78, 5) is 2.47. The second-order valence-electron chi connectivity index (χ2n) is 5.33. The average molecular weight is 247 g/mol. The zero-order valence-electron chi connectivity index (χ0n) is 11.7.